The van der Waals surface area contributed by atoms with Gasteiger partial charge in [0.25, 0.3) is 5.91 Å². The summed E-state index contributed by atoms with van der Waals surface area (Å²) in [5.74, 6) is 0.931. The summed E-state index contributed by atoms with van der Waals surface area (Å²) in [5, 5.41) is 5.07. The topological polar surface area (TPSA) is 93.5 Å². The van der Waals surface area contributed by atoms with Crippen molar-refractivity contribution in [1.82, 2.24) is 25.3 Å². The number of nitrogens with zero attached hydrogens (tertiary/aromatic N) is 4. The summed E-state index contributed by atoms with van der Waals surface area (Å²) in [7, 11) is 2.15. The first kappa shape index (κ1) is 25.6. The molecule has 0 radical (unpaired) electrons. The summed E-state index contributed by atoms with van der Waals surface area (Å²) in [6.45, 7) is 8.72. The van der Waals surface area contributed by atoms with Crippen LogP contribution in [-0.4, -0.2) is 53.0 Å². The monoisotopic (exact) mass is 506 g/mol. The fraction of sp³-hybridized carbons (Fsp3) is 0.536. The van der Waals surface area contributed by atoms with E-state index in [0.29, 0.717) is 24.0 Å². The lowest BCUT2D eigenvalue weighted by Gasteiger charge is -2.32. The van der Waals surface area contributed by atoms with Gasteiger partial charge in [-0.25, -0.2) is 20.3 Å². The zero-order valence-corrected chi connectivity index (χ0v) is 22.1. The van der Waals surface area contributed by atoms with Crippen molar-refractivity contribution < 1.29 is 14.4 Å². The van der Waals surface area contributed by atoms with E-state index >= 15 is 0 Å². The number of benzene rings is 1. The van der Waals surface area contributed by atoms with Crippen molar-refractivity contribution in [2.24, 2.45) is 13.0 Å². The van der Waals surface area contributed by atoms with Crippen LogP contribution in [0.3, 0.4) is 0 Å². The fourth-order valence-electron chi connectivity index (χ4n) is 5.31. The number of carbonyl (C=O) groups is 1. The summed E-state index contributed by atoms with van der Waals surface area (Å²) in [6, 6.07) is 6.70. The summed E-state index contributed by atoms with van der Waals surface area (Å²) >= 11 is 0. The van der Waals surface area contributed by atoms with Crippen LogP contribution in [0.1, 0.15) is 59.3 Å². The van der Waals surface area contributed by atoms with Crippen molar-refractivity contribution in [2.45, 2.75) is 58.8 Å². The number of fused-ring (bicyclic) bond motifs is 1. The van der Waals surface area contributed by atoms with E-state index in [0.717, 1.165) is 58.3 Å². The molecule has 2 N–H and O–H groups in total. The number of anilines is 1. The molecule has 1 aromatic carbocycles. The number of ether oxygens (including phenoxy) is 1. The molecule has 198 valence electrons. The van der Waals surface area contributed by atoms with E-state index in [1.54, 1.807) is 12.4 Å². The molecular weight excluding hydrogens is 468 g/mol. The summed E-state index contributed by atoms with van der Waals surface area (Å²) in [4.78, 5) is 28.8. The first-order valence-corrected chi connectivity index (χ1v) is 13.4. The fourth-order valence-corrected chi connectivity index (χ4v) is 5.31. The number of hydrogen-bond acceptors (Lipinski definition) is 7. The standard InChI is InChI=1S/C28H38N6O3/c1-19-7-8-25-23(14-19)24(20(2)33(25)3)18-29-15-21-9-11-34(12-10-21)28-30-16-22(17-31-28)27(35)32-37-26-6-4-5-13-36-26/h7-8,14,16-17,21,26,29H,4-6,9-13,15,18H2,1-3H3,(H,32,35). The zero-order chi connectivity index (χ0) is 25.8. The van der Waals surface area contributed by atoms with Crippen LogP contribution in [-0.2, 0) is 23.2 Å². The highest BCUT2D eigenvalue weighted by molar-refractivity contribution is 5.92. The van der Waals surface area contributed by atoms with Crippen LogP contribution >= 0.6 is 0 Å². The molecule has 0 bridgehead atoms. The maximum atomic E-state index is 12.3. The zero-order valence-electron chi connectivity index (χ0n) is 22.1. The molecule has 2 saturated heterocycles. The molecule has 0 saturated carbocycles. The maximum Gasteiger partial charge on any atom is 0.278 e. The molecule has 4 heterocycles. The average Bonchev–Trinajstić information content (AvgIpc) is 3.17. The molecule has 1 unspecified atom stereocenters. The van der Waals surface area contributed by atoms with Gasteiger partial charge in [-0.1, -0.05) is 11.6 Å². The minimum Gasteiger partial charge on any atom is -0.350 e. The van der Waals surface area contributed by atoms with Crippen LogP contribution in [0.5, 0.6) is 0 Å². The number of amides is 1. The van der Waals surface area contributed by atoms with Gasteiger partial charge < -0.3 is 19.5 Å². The molecule has 0 aliphatic carbocycles. The Morgan fingerprint density at radius 2 is 1.92 bits per heavy atom. The Morgan fingerprint density at radius 3 is 2.65 bits per heavy atom. The minimum atomic E-state index is -0.381. The highest BCUT2D eigenvalue weighted by atomic mass is 16.8. The summed E-state index contributed by atoms with van der Waals surface area (Å²) in [6.07, 6.45) is 7.76. The molecule has 3 aromatic rings. The van der Waals surface area contributed by atoms with Crippen LogP contribution in [0, 0.1) is 19.8 Å². The number of aromatic nitrogens is 3. The first-order chi connectivity index (χ1) is 18.0. The van der Waals surface area contributed by atoms with E-state index in [-0.39, 0.29) is 12.2 Å². The lowest BCUT2D eigenvalue weighted by Crippen LogP contribution is -2.38. The van der Waals surface area contributed by atoms with E-state index in [1.165, 1.54) is 27.7 Å². The first-order valence-electron chi connectivity index (χ1n) is 13.4. The number of nitrogens with one attached hydrogen (secondary N) is 2. The quantitative estimate of drug-likeness (QED) is 0.449. The average molecular weight is 507 g/mol. The van der Waals surface area contributed by atoms with Crippen LogP contribution in [0.25, 0.3) is 10.9 Å². The van der Waals surface area contributed by atoms with Crippen molar-refractivity contribution in [3.63, 3.8) is 0 Å². The Kier molecular flexibility index (Phi) is 8.02. The predicted molar refractivity (Wildman–Crippen MR) is 143 cm³/mol. The van der Waals surface area contributed by atoms with Crippen molar-refractivity contribution in [3.05, 3.63) is 53.0 Å². The van der Waals surface area contributed by atoms with Gasteiger partial charge in [0.1, 0.15) is 0 Å². The van der Waals surface area contributed by atoms with Crippen molar-refractivity contribution >= 4 is 22.8 Å². The highest BCUT2D eigenvalue weighted by Crippen LogP contribution is 2.26. The van der Waals surface area contributed by atoms with Gasteiger partial charge in [-0.3, -0.25) is 4.79 Å². The molecule has 9 heteroatoms. The number of hydroxylamine groups is 1. The molecule has 1 amide bonds. The molecule has 37 heavy (non-hydrogen) atoms. The third-order valence-electron chi connectivity index (χ3n) is 7.73. The van der Waals surface area contributed by atoms with Crippen molar-refractivity contribution in [1.29, 1.82) is 0 Å². The van der Waals surface area contributed by atoms with Crippen molar-refractivity contribution in [3.8, 4) is 0 Å². The second-order valence-electron chi connectivity index (χ2n) is 10.3. The van der Waals surface area contributed by atoms with Crippen molar-refractivity contribution in [2.75, 3.05) is 31.1 Å². The third-order valence-corrected chi connectivity index (χ3v) is 7.73. The SMILES string of the molecule is Cc1ccc2c(c1)c(CNCC1CCN(c3ncc(C(=O)NOC4CCCCO4)cn3)CC1)c(C)n2C. The molecule has 5 rings (SSSR count). The Bertz CT molecular complexity index is 1210. The van der Waals surface area contributed by atoms with Gasteiger partial charge in [0.05, 0.1) is 5.56 Å². The van der Waals surface area contributed by atoms with Gasteiger partial charge in [-0.05, 0) is 69.7 Å². The largest absolute Gasteiger partial charge is 0.350 e. The smallest absolute Gasteiger partial charge is 0.278 e. The Morgan fingerprint density at radius 1 is 1.14 bits per heavy atom. The van der Waals surface area contributed by atoms with E-state index in [1.807, 2.05) is 0 Å². The molecule has 1 atom stereocenters. The Labute approximate surface area is 218 Å². The summed E-state index contributed by atoms with van der Waals surface area (Å²) in [5.41, 5.74) is 8.14. The number of rotatable bonds is 8. The molecule has 2 aromatic heterocycles. The van der Waals surface area contributed by atoms with Crippen LogP contribution in [0.15, 0.2) is 30.6 Å². The van der Waals surface area contributed by atoms with Gasteiger partial charge >= 0.3 is 0 Å². The van der Waals surface area contributed by atoms with Crippen LogP contribution < -0.4 is 15.7 Å². The highest BCUT2D eigenvalue weighted by Gasteiger charge is 2.22. The molecule has 2 aliphatic rings. The lowest BCUT2D eigenvalue weighted by molar-refractivity contribution is -0.186. The third kappa shape index (κ3) is 5.95. The Balaban J connectivity index is 1.07. The van der Waals surface area contributed by atoms with Gasteiger partial charge in [-0.2, -0.15) is 0 Å². The van der Waals surface area contributed by atoms with Crippen LogP contribution in [0.2, 0.25) is 0 Å². The second-order valence-corrected chi connectivity index (χ2v) is 10.3. The molecule has 2 fully saturated rings. The Hall–Kier alpha value is -3.01. The molecule has 2 aliphatic heterocycles. The number of carbonyl (C=O) groups excluding carboxylic acids is 1. The van der Waals surface area contributed by atoms with Gasteiger partial charge in [-0.15, -0.1) is 0 Å². The van der Waals surface area contributed by atoms with Gasteiger partial charge in [0.2, 0.25) is 5.95 Å². The van der Waals surface area contributed by atoms with E-state index < -0.39 is 0 Å². The maximum absolute atomic E-state index is 12.3. The van der Waals surface area contributed by atoms with E-state index in [9.17, 15) is 4.79 Å². The van der Waals surface area contributed by atoms with Gasteiger partial charge in [0.15, 0.2) is 6.29 Å². The molecular formula is C28H38N6O3. The number of hydrogen-bond donors (Lipinski definition) is 2. The second kappa shape index (κ2) is 11.6. The molecule has 0 spiro atoms. The summed E-state index contributed by atoms with van der Waals surface area (Å²) < 4.78 is 7.75. The van der Waals surface area contributed by atoms with E-state index in [4.69, 9.17) is 9.57 Å². The van der Waals surface area contributed by atoms with E-state index in [2.05, 4.69) is 69.3 Å². The normalized spacial score (nSPS) is 18.9. The number of piperidine rings is 1. The lowest BCUT2D eigenvalue weighted by atomic mass is 9.97. The predicted octanol–water partition coefficient (Wildman–Crippen LogP) is 3.78. The minimum absolute atomic E-state index is 0.359. The van der Waals surface area contributed by atoms with Crippen LogP contribution in [0.4, 0.5) is 5.95 Å². The molecule has 9 nitrogen and oxygen atoms in total. The van der Waals surface area contributed by atoms with Gasteiger partial charge in [0, 0.05) is 68.7 Å². The number of aryl methyl sites for hydroxylation is 2.